The molecule has 2 aromatic rings. The van der Waals surface area contributed by atoms with Crippen molar-refractivity contribution in [2.24, 2.45) is 0 Å². The zero-order valence-electron chi connectivity index (χ0n) is 11.2. The molecule has 3 nitrogen and oxygen atoms in total. The number of fused-ring (bicyclic) bond motifs is 1. The molecule has 1 unspecified atom stereocenters. The lowest BCUT2D eigenvalue weighted by molar-refractivity contribution is -0.00466. The van der Waals surface area contributed by atoms with E-state index < -0.39 is 0 Å². The minimum Gasteiger partial charge on any atom is -0.399 e. The maximum atomic E-state index is 6.00. The summed E-state index contributed by atoms with van der Waals surface area (Å²) in [6.45, 7) is 4.33. The molecule has 2 N–H and O–H groups in total. The molecule has 0 amide bonds. The standard InChI is InChI=1S/C14H18N2OS2/c1-14(2)6-5-10(17-14)8-18-13-16-11-4-3-9(15)7-12(11)19-13/h3-4,7,10H,5-6,8,15H2,1-2H3. The average Bonchev–Trinajstić information content (AvgIpc) is 2.89. The van der Waals surface area contributed by atoms with Gasteiger partial charge < -0.3 is 10.5 Å². The van der Waals surface area contributed by atoms with Crippen LogP contribution in [0.3, 0.4) is 0 Å². The summed E-state index contributed by atoms with van der Waals surface area (Å²) >= 11 is 3.50. The molecule has 1 saturated heterocycles. The first-order chi connectivity index (χ1) is 9.02. The summed E-state index contributed by atoms with van der Waals surface area (Å²) in [5.41, 5.74) is 7.67. The van der Waals surface area contributed by atoms with Gasteiger partial charge in [0.15, 0.2) is 4.34 Å². The molecular weight excluding hydrogens is 276 g/mol. The van der Waals surface area contributed by atoms with E-state index in [4.69, 9.17) is 10.5 Å². The smallest absolute Gasteiger partial charge is 0.151 e. The van der Waals surface area contributed by atoms with Gasteiger partial charge in [-0.15, -0.1) is 11.3 Å². The van der Waals surface area contributed by atoms with Gasteiger partial charge in [0.2, 0.25) is 0 Å². The van der Waals surface area contributed by atoms with E-state index in [1.807, 2.05) is 18.2 Å². The van der Waals surface area contributed by atoms with Gasteiger partial charge in [0.1, 0.15) is 0 Å². The molecule has 1 fully saturated rings. The van der Waals surface area contributed by atoms with Crippen LogP contribution in [-0.2, 0) is 4.74 Å². The van der Waals surface area contributed by atoms with E-state index in [0.717, 1.165) is 38.8 Å². The van der Waals surface area contributed by atoms with Gasteiger partial charge in [0, 0.05) is 11.4 Å². The van der Waals surface area contributed by atoms with Crippen molar-refractivity contribution >= 4 is 39.0 Å². The second kappa shape index (κ2) is 4.96. The number of nitrogens with two attached hydrogens (primary N) is 1. The first-order valence-corrected chi connectivity index (χ1v) is 8.29. The number of nitrogen functional groups attached to an aromatic ring is 1. The van der Waals surface area contributed by atoms with E-state index in [9.17, 15) is 0 Å². The summed E-state index contributed by atoms with van der Waals surface area (Å²) in [5, 5.41) is 0. The third-order valence-corrected chi connectivity index (χ3v) is 5.63. The van der Waals surface area contributed by atoms with Crippen LogP contribution in [0.4, 0.5) is 5.69 Å². The molecule has 0 bridgehead atoms. The summed E-state index contributed by atoms with van der Waals surface area (Å²) in [6.07, 6.45) is 2.66. The van der Waals surface area contributed by atoms with Crippen LogP contribution < -0.4 is 5.73 Å². The lowest BCUT2D eigenvalue weighted by Gasteiger charge is -2.18. The normalized spacial score (nSPS) is 22.1. The highest BCUT2D eigenvalue weighted by Crippen LogP contribution is 2.35. The quantitative estimate of drug-likeness (QED) is 0.688. The second-order valence-corrected chi connectivity index (χ2v) is 7.85. The summed E-state index contributed by atoms with van der Waals surface area (Å²) in [4.78, 5) is 4.62. The summed E-state index contributed by atoms with van der Waals surface area (Å²) < 4.78 is 8.27. The number of nitrogens with zero attached hydrogens (tertiary/aromatic N) is 1. The molecule has 1 aliphatic rings. The first kappa shape index (κ1) is 13.2. The molecule has 102 valence electrons. The topological polar surface area (TPSA) is 48.1 Å². The number of rotatable bonds is 3. The second-order valence-electron chi connectivity index (χ2n) is 5.56. The van der Waals surface area contributed by atoms with Crippen molar-refractivity contribution < 1.29 is 4.74 Å². The lowest BCUT2D eigenvalue weighted by atomic mass is 10.1. The summed E-state index contributed by atoms with van der Waals surface area (Å²) in [5.74, 6) is 0.985. The highest BCUT2D eigenvalue weighted by molar-refractivity contribution is 8.01. The number of ether oxygens (including phenoxy) is 1. The Bertz CT molecular complexity index is 594. The molecule has 0 spiro atoms. The van der Waals surface area contributed by atoms with Crippen molar-refractivity contribution in [3.05, 3.63) is 18.2 Å². The number of hydrogen-bond donors (Lipinski definition) is 1. The van der Waals surface area contributed by atoms with Crippen LogP contribution in [0.2, 0.25) is 0 Å². The molecule has 2 heterocycles. The zero-order valence-corrected chi connectivity index (χ0v) is 12.8. The Kier molecular flexibility index (Phi) is 3.45. The van der Waals surface area contributed by atoms with Crippen molar-refractivity contribution in [1.29, 1.82) is 0 Å². The Hall–Kier alpha value is -0.780. The summed E-state index contributed by atoms with van der Waals surface area (Å²) in [6, 6.07) is 5.88. The number of benzene rings is 1. The molecule has 1 aromatic heterocycles. The SMILES string of the molecule is CC1(C)CCC(CSc2nc3ccc(N)cc3s2)O1. The van der Waals surface area contributed by atoms with Gasteiger partial charge in [-0.05, 0) is 44.9 Å². The Morgan fingerprint density at radius 1 is 1.53 bits per heavy atom. The van der Waals surface area contributed by atoms with Gasteiger partial charge in [-0.3, -0.25) is 0 Å². The van der Waals surface area contributed by atoms with Gasteiger partial charge in [0.25, 0.3) is 0 Å². The minimum atomic E-state index is 0.0489. The average molecular weight is 294 g/mol. The summed E-state index contributed by atoms with van der Waals surface area (Å²) in [7, 11) is 0. The number of thiazole rings is 1. The molecule has 0 radical (unpaired) electrons. The third kappa shape index (κ3) is 3.04. The van der Waals surface area contributed by atoms with Crippen molar-refractivity contribution in [1.82, 2.24) is 4.98 Å². The van der Waals surface area contributed by atoms with Crippen LogP contribution in [0.25, 0.3) is 10.2 Å². The van der Waals surface area contributed by atoms with E-state index in [1.54, 1.807) is 23.1 Å². The van der Waals surface area contributed by atoms with Gasteiger partial charge in [-0.2, -0.15) is 0 Å². The lowest BCUT2D eigenvalue weighted by Crippen LogP contribution is -2.20. The molecular formula is C14H18N2OS2. The molecule has 1 aliphatic heterocycles. The number of thioether (sulfide) groups is 1. The molecule has 0 saturated carbocycles. The molecule has 5 heteroatoms. The Balaban J connectivity index is 1.66. The van der Waals surface area contributed by atoms with E-state index in [-0.39, 0.29) is 5.60 Å². The fraction of sp³-hybridized carbons (Fsp3) is 0.500. The monoisotopic (exact) mass is 294 g/mol. The van der Waals surface area contributed by atoms with Crippen LogP contribution in [0.5, 0.6) is 0 Å². The highest BCUT2D eigenvalue weighted by atomic mass is 32.2. The Morgan fingerprint density at radius 3 is 3.11 bits per heavy atom. The van der Waals surface area contributed by atoms with Crippen LogP contribution >= 0.6 is 23.1 Å². The number of hydrogen-bond acceptors (Lipinski definition) is 5. The van der Waals surface area contributed by atoms with Crippen LogP contribution in [0.15, 0.2) is 22.5 Å². The van der Waals surface area contributed by atoms with Crippen molar-refractivity contribution in [3.8, 4) is 0 Å². The Labute approximate surface area is 121 Å². The highest BCUT2D eigenvalue weighted by Gasteiger charge is 2.31. The molecule has 3 rings (SSSR count). The minimum absolute atomic E-state index is 0.0489. The number of anilines is 1. The third-order valence-electron chi connectivity index (χ3n) is 3.34. The van der Waals surface area contributed by atoms with Crippen LogP contribution in [0, 0.1) is 0 Å². The van der Waals surface area contributed by atoms with Crippen molar-refractivity contribution in [3.63, 3.8) is 0 Å². The Morgan fingerprint density at radius 2 is 2.37 bits per heavy atom. The fourth-order valence-electron chi connectivity index (χ4n) is 2.34. The van der Waals surface area contributed by atoms with Gasteiger partial charge in [0.05, 0.1) is 21.9 Å². The predicted octanol–water partition coefficient (Wildman–Crippen LogP) is 3.93. The van der Waals surface area contributed by atoms with Crippen molar-refractivity contribution in [2.75, 3.05) is 11.5 Å². The van der Waals surface area contributed by atoms with Crippen molar-refractivity contribution in [2.45, 2.75) is 42.7 Å². The number of aromatic nitrogens is 1. The fourth-order valence-corrected chi connectivity index (χ4v) is 4.52. The van der Waals surface area contributed by atoms with Crippen LogP contribution in [0.1, 0.15) is 26.7 Å². The van der Waals surface area contributed by atoms with E-state index in [2.05, 4.69) is 18.8 Å². The maximum Gasteiger partial charge on any atom is 0.151 e. The first-order valence-electron chi connectivity index (χ1n) is 6.48. The van der Waals surface area contributed by atoms with E-state index in [0.29, 0.717) is 6.10 Å². The van der Waals surface area contributed by atoms with Gasteiger partial charge >= 0.3 is 0 Å². The van der Waals surface area contributed by atoms with Crippen LogP contribution in [-0.4, -0.2) is 22.4 Å². The van der Waals surface area contributed by atoms with E-state index in [1.165, 1.54) is 0 Å². The largest absolute Gasteiger partial charge is 0.399 e. The maximum absolute atomic E-state index is 6.00. The molecule has 0 aliphatic carbocycles. The van der Waals surface area contributed by atoms with Gasteiger partial charge in [-0.25, -0.2) is 4.98 Å². The van der Waals surface area contributed by atoms with Gasteiger partial charge in [-0.1, -0.05) is 11.8 Å². The van der Waals surface area contributed by atoms with E-state index >= 15 is 0 Å². The molecule has 1 atom stereocenters. The molecule has 1 aromatic carbocycles. The molecule has 19 heavy (non-hydrogen) atoms. The zero-order chi connectivity index (χ0) is 13.5. The predicted molar refractivity (Wildman–Crippen MR) is 82.9 cm³/mol.